The summed E-state index contributed by atoms with van der Waals surface area (Å²) in [5, 5.41) is -4.19. The van der Waals surface area contributed by atoms with Crippen LogP contribution in [-0.2, 0) is 14.9 Å². The predicted octanol–water partition coefficient (Wildman–Crippen LogP) is 1.87. The number of rotatable bonds is 3. The minimum Gasteiger partial charge on any atom is -0.279 e. The Balaban J connectivity index is 6.00. The van der Waals surface area contributed by atoms with Crippen LogP contribution in [0.25, 0.3) is 0 Å². The molecule has 0 aliphatic carbocycles. The lowest BCUT2D eigenvalue weighted by Gasteiger charge is -2.31. The van der Waals surface area contributed by atoms with Crippen LogP contribution in [0.3, 0.4) is 0 Å². The van der Waals surface area contributed by atoms with E-state index in [1.807, 2.05) is 0 Å². The molecule has 0 unspecified atom stereocenters. The highest BCUT2D eigenvalue weighted by molar-refractivity contribution is 8.01. The molecule has 114 valence electrons. The van der Waals surface area contributed by atoms with Crippen molar-refractivity contribution in [2.24, 2.45) is 0 Å². The van der Waals surface area contributed by atoms with E-state index in [1.165, 1.54) is 0 Å². The van der Waals surface area contributed by atoms with Crippen LogP contribution in [0, 0.1) is 0 Å². The van der Waals surface area contributed by atoms with E-state index in [0.29, 0.717) is 0 Å². The monoisotopic (exact) mass is 328 g/mol. The van der Waals surface area contributed by atoms with Gasteiger partial charge in [-0.3, -0.25) is 9.35 Å². The molecule has 0 rings (SSSR count). The highest BCUT2D eigenvalue weighted by atomic mass is 32.2. The van der Waals surface area contributed by atoms with Crippen molar-refractivity contribution in [3.8, 4) is 0 Å². The maximum Gasteiger partial charge on any atom is 0.460 e. The van der Waals surface area contributed by atoms with Gasteiger partial charge in [-0.05, 0) is 0 Å². The molecule has 0 fully saturated rings. The minimum atomic E-state index is -7.43. The topological polar surface area (TPSA) is 71.4 Å². The molecule has 4 nitrogen and oxygen atoms in total. The molecule has 0 aromatic carbocycles. The molecule has 0 radical (unpaired) electrons. The Kier molecular flexibility index (Phi) is 3.99. The Morgan fingerprint density at radius 1 is 0.789 bits per heavy atom. The standard InChI is InChI=1S/C5HF9O4S/c6-2(7,1(15)19(16,17)18)3(8,9)4(10,11)5(12,13)14/h(H,16,17,18). The average Bonchev–Trinajstić information content (AvgIpc) is 2.12. The van der Waals surface area contributed by atoms with Crippen molar-refractivity contribution < 1.29 is 57.3 Å². The molecule has 0 heterocycles. The Bertz CT molecular complexity index is 475. The Labute approximate surface area is 97.5 Å². The van der Waals surface area contributed by atoms with E-state index >= 15 is 0 Å². The smallest absolute Gasteiger partial charge is 0.279 e. The molecule has 0 aromatic rings. The summed E-state index contributed by atoms with van der Waals surface area (Å²) in [7, 11) is -6.62. The third-order valence-corrected chi connectivity index (χ3v) is 2.36. The minimum absolute atomic E-state index is 4.19. The second-order valence-electron chi connectivity index (χ2n) is 2.98. The van der Waals surface area contributed by atoms with Gasteiger partial charge >= 0.3 is 39.2 Å². The zero-order valence-corrected chi connectivity index (χ0v) is 8.80. The molecule has 0 amide bonds. The summed E-state index contributed by atoms with van der Waals surface area (Å²) in [5.41, 5.74) is 0. The number of hydrogen-bond acceptors (Lipinski definition) is 3. The van der Waals surface area contributed by atoms with Crippen LogP contribution in [0.2, 0.25) is 0 Å². The number of carbonyl (C=O) groups is 1. The molecular formula is C5HF9O4S. The first-order chi connectivity index (χ1) is 7.90. The van der Waals surface area contributed by atoms with Gasteiger partial charge in [-0.25, -0.2) is 0 Å². The van der Waals surface area contributed by atoms with Gasteiger partial charge in [0.1, 0.15) is 0 Å². The van der Waals surface area contributed by atoms with Crippen molar-refractivity contribution >= 4 is 15.2 Å². The summed E-state index contributed by atoms with van der Waals surface area (Å²) in [6.45, 7) is 0. The summed E-state index contributed by atoms with van der Waals surface area (Å²) in [6.07, 6.45) is -7.20. The van der Waals surface area contributed by atoms with Crippen molar-refractivity contribution in [1.82, 2.24) is 0 Å². The summed E-state index contributed by atoms with van der Waals surface area (Å²) in [6, 6.07) is 0. The molecule has 0 aliphatic rings. The second-order valence-corrected chi connectivity index (χ2v) is 4.30. The zero-order valence-electron chi connectivity index (χ0n) is 7.98. The SMILES string of the molecule is O=C(C(F)(F)C(F)(F)C(F)(F)C(F)(F)F)S(=O)(=O)O. The largest absolute Gasteiger partial charge is 0.460 e. The first-order valence-electron chi connectivity index (χ1n) is 3.62. The predicted molar refractivity (Wildman–Crippen MR) is 37.5 cm³/mol. The molecule has 14 heteroatoms. The van der Waals surface area contributed by atoms with Gasteiger partial charge in [0.2, 0.25) is 0 Å². The van der Waals surface area contributed by atoms with Crippen molar-refractivity contribution in [3.63, 3.8) is 0 Å². The van der Waals surface area contributed by atoms with Gasteiger partial charge < -0.3 is 0 Å². The van der Waals surface area contributed by atoms with E-state index in [2.05, 4.69) is 0 Å². The number of alkyl halides is 9. The molecule has 0 aromatic heterocycles. The number of halogens is 9. The fraction of sp³-hybridized carbons (Fsp3) is 0.800. The summed E-state index contributed by atoms with van der Waals surface area (Å²) in [5.74, 6) is -21.8. The van der Waals surface area contributed by atoms with Gasteiger partial charge in [-0.15, -0.1) is 0 Å². The summed E-state index contributed by atoms with van der Waals surface area (Å²) in [4.78, 5) is 10.1. The van der Waals surface area contributed by atoms with Crippen LogP contribution in [0.5, 0.6) is 0 Å². The quantitative estimate of drug-likeness (QED) is 0.634. The van der Waals surface area contributed by atoms with Crippen molar-refractivity contribution in [3.05, 3.63) is 0 Å². The number of carbonyl (C=O) groups excluding carboxylic acids is 1. The molecule has 0 atom stereocenters. The normalized spacial score (nSPS) is 15.5. The molecule has 1 N–H and O–H groups in total. The Hall–Kier alpha value is -1.05. The van der Waals surface area contributed by atoms with Gasteiger partial charge in [0.05, 0.1) is 0 Å². The van der Waals surface area contributed by atoms with Crippen LogP contribution in [0.1, 0.15) is 0 Å². The van der Waals surface area contributed by atoms with Gasteiger partial charge in [-0.2, -0.15) is 47.9 Å². The van der Waals surface area contributed by atoms with E-state index < -0.39 is 39.2 Å². The molecule has 0 spiro atoms. The van der Waals surface area contributed by atoms with E-state index in [-0.39, 0.29) is 0 Å². The highest BCUT2D eigenvalue weighted by Gasteiger charge is 2.84. The summed E-state index contributed by atoms with van der Waals surface area (Å²) < 4.78 is 136. The van der Waals surface area contributed by atoms with Crippen LogP contribution >= 0.6 is 0 Å². The molecule has 0 aliphatic heterocycles. The lowest BCUT2D eigenvalue weighted by molar-refractivity contribution is -0.387. The summed E-state index contributed by atoms with van der Waals surface area (Å²) >= 11 is 0. The van der Waals surface area contributed by atoms with Crippen LogP contribution in [0.4, 0.5) is 39.5 Å². The van der Waals surface area contributed by atoms with Gasteiger partial charge in [-0.1, -0.05) is 0 Å². The third kappa shape index (κ3) is 2.63. The van der Waals surface area contributed by atoms with Crippen LogP contribution in [-0.4, -0.2) is 42.0 Å². The lowest BCUT2D eigenvalue weighted by atomic mass is 10.1. The van der Waals surface area contributed by atoms with Crippen molar-refractivity contribution in [1.29, 1.82) is 0 Å². The van der Waals surface area contributed by atoms with Gasteiger partial charge in [0.15, 0.2) is 0 Å². The molecule has 0 bridgehead atoms. The van der Waals surface area contributed by atoms with Crippen LogP contribution < -0.4 is 0 Å². The highest BCUT2D eigenvalue weighted by Crippen LogP contribution is 2.53. The second kappa shape index (κ2) is 4.22. The Morgan fingerprint density at radius 2 is 1.11 bits per heavy atom. The van der Waals surface area contributed by atoms with E-state index in [1.54, 1.807) is 0 Å². The molecule has 0 saturated heterocycles. The van der Waals surface area contributed by atoms with Gasteiger partial charge in [0, 0.05) is 0 Å². The first kappa shape index (κ1) is 17.9. The maximum atomic E-state index is 12.5. The van der Waals surface area contributed by atoms with Crippen molar-refractivity contribution in [2.45, 2.75) is 23.9 Å². The van der Waals surface area contributed by atoms with Crippen LogP contribution in [0.15, 0.2) is 0 Å². The fourth-order valence-corrected chi connectivity index (χ4v) is 1.12. The average molecular weight is 328 g/mol. The van der Waals surface area contributed by atoms with Gasteiger partial charge in [0.25, 0.3) is 0 Å². The molecule has 0 saturated carbocycles. The lowest BCUT2D eigenvalue weighted by Crippen LogP contribution is -2.64. The van der Waals surface area contributed by atoms with E-state index in [9.17, 15) is 52.7 Å². The first-order valence-corrected chi connectivity index (χ1v) is 5.07. The fourth-order valence-electron chi connectivity index (χ4n) is 0.665. The maximum absolute atomic E-state index is 12.5. The van der Waals surface area contributed by atoms with E-state index in [0.717, 1.165) is 0 Å². The third-order valence-electron chi connectivity index (χ3n) is 1.64. The molecule has 19 heavy (non-hydrogen) atoms. The molecular weight excluding hydrogens is 327 g/mol. The Morgan fingerprint density at radius 3 is 1.32 bits per heavy atom. The van der Waals surface area contributed by atoms with E-state index in [4.69, 9.17) is 4.55 Å². The zero-order chi connectivity index (χ0) is 16.1. The number of hydrogen-bond donors (Lipinski definition) is 1. The van der Waals surface area contributed by atoms with Crippen molar-refractivity contribution in [2.75, 3.05) is 0 Å².